The second-order valence-corrected chi connectivity index (χ2v) is 14.9. The summed E-state index contributed by atoms with van der Waals surface area (Å²) in [4.78, 5) is 27.3. The molecule has 0 atom stereocenters. The standard InChI is InChI=1S/C28H28ClFN6O2.C15H9Cl2FN2/c1-18-25(22-4-2-3-7-31-22)34-27-20(29)5-6-21(30)24(27)26(18)33-23-16-19(35-8-12-37-13-9-35)17-32-28(23)36-10-14-38-15-11-36;1-8-13(17)12-10(18)6-5-9(16)15(12)20-14(8)11-4-2-3-7-19-11/h2-7,16-17H,8-15H2,1H3,(H,33,34);2-7H,1H3. The maximum absolute atomic E-state index is 15.4. The first kappa shape index (κ1) is 39.6. The van der Waals surface area contributed by atoms with Gasteiger partial charge in [0.15, 0.2) is 5.82 Å². The lowest BCUT2D eigenvalue weighted by Crippen LogP contribution is -2.38. The van der Waals surface area contributed by atoms with E-state index in [1.54, 1.807) is 19.3 Å². The van der Waals surface area contributed by atoms with E-state index < -0.39 is 11.6 Å². The topological polar surface area (TPSA) is 101 Å². The Hall–Kier alpha value is -5.24. The summed E-state index contributed by atoms with van der Waals surface area (Å²) in [5, 5.41) is 5.20. The van der Waals surface area contributed by atoms with E-state index in [9.17, 15) is 4.39 Å². The first-order valence-electron chi connectivity index (χ1n) is 18.7. The third-order valence-electron chi connectivity index (χ3n) is 10.1. The average Bonchev–Trinajstić information content (AvgIpc) is 3.26. The van der Waals surface area contributed by atoms with E-state index in [4.69, 9.17) is 54.2 Å². The Morgan fingerprint density at radius 2 is 1.17 bits per heavy atom. The third-order valence-corrected chi connectivity index (χ3v) is 11.2. The van der Waals surface area contributed by atoms with E-state index in [1.807, 2.05) is 49.5 Å². The van der Waals surface area contributed by atoms with E-state index in [-0.39, 0.29) is 5.39 Å². The molecule has 0 saturated carbocycles. The fourth-order valence-corrected chi connectivity index (χ4v) is 7.76. The van der Waals surface area contributed by atoms with Crippen LogP contribution < -0.4 is 15.1 Å². The Kier molecular flexibility index (Phi) is 11.8. The molecule has 0 radical (unpaired) electrons. The Labute approximate surface area is 348 Å². The van der Waals surface area contributed by atoms with Crippen LogP contribution in [0.5, 0.6) is 0 Å². The minimum Gasteiger partial charge on any atom is -0.378 e. The predicted octanol–water partition coefficient (Wildman–Crippen LogP) is 10.3. The summed E-state index contributed by atoms with van der Waals surface area (Å²) >= 11 is 19.0. The molecule has 9 rings (SSSR count). The minimum atomic E-state index is -0.433. The fourth-order valence-electron chi connectivity index (χ4n) is 7.09. The molecule has 0 bridgehead atoms. The van der Waals surface area contributed by atoms with Gasteiger partial charge in [0.1, 0.15) is 11.6 Å². The van der Waals surface area contributed by atoms with Crippen molar-refractivity contribution >= 4 is 79.5 Å². The van der Waals surface area contributed by atoms with Crippen LogP contribution in [0.15, 0.2) is 85.3 Å². The molecule has 2 aromatic carbocycles. The van der Waals surface area contributed by atoms with Gasteiger partial charge in [0, 0.05) is 44.1 Å². The number of rotatable bonds is 6. The number of halogens is 5. The van der Waals surface area contributed by atoms with E-state index in [0.717, 1.165) is 35.8 Å². The molecule has 5 aromatic heterocycles. The molecular weight excluding hydrogens is 805 g/mol. The molecule has 0 spiro atoms. The molecule has 58 heavy (non-hydrogen) atoms. The van der Waals surface area contributed by atoms with Crippen molar-refractivity contribution in [2.75, 3.05) is 67.7 Å². The Morgan fingerprint density at radius 1 is 0.638 bits per heavy atom. The first-order chi connectivity index (χ1) is 28.2. The van der Waals surface area contributed by atoms with Gasteiger partial charge in [-0.25, -0.2) is 23.7 Å². The molecule has 7 heterocycles. The normalized spacial score (nSPS) is 14.4. The molecular formula is C43H37Cl3F2N8O2. The minimum absolute atomic E-state index is 0.247. The number of hydrogen-bond donors (Lipinski definition) is 1. The first-order valence-corrected chi connectivity index (χ1v) is 19.8. The molecule has 0 amide bonds. The molecule has 2 aliphatic heterocycles. The monoisotopic (exact) mass is 840 g/mol. The highest BCUT2D eigenvalue weighted by Crippen LogP contribution is 2.41. The highest BCUT2D eigenvalue weighted by Gasteiger charge is 2.24. The van der Waals surface area contributed by atoms with Crippen molar-refractivity contribution in [1.29, 1.82) is 0 Å². The van der Waals surface area contributed by atoms with Crippen LogP contribution in [0, 0.1) is 25.5 Å². The molecule has 2 aliphatic rings. The molecule has 0 unspecified atom stereocenters. The summed E-state index contributed by atoms with van der Waals surface area (Å²) in [5.74, 6) is -0.0469. The molecule has 2 fully saturated rings. The van der Waals surface area contributed by atoms with E-state index >= 15 is 4.39 Å². The Bertz CT molecular complexity index is 2610. The van der Waals surface area contributed by atoms with Gasteiger partial charge in [-0.3, -0.25) is 9.97 Å². The maximum atomic E-state index is 15.4. The lowest BCUT2D eigenvalue weighted by molar-refractivity contribution is 0.122. The van der Waals surface area contributed by atoms with Gasteiger partial charge in [0.2, 0.25) is 0 Å². The number of benzene rings is 2. The van der Waals surface area contributed by atoms with Gasteiger partial charge in [-0.2, -0.15) is 0 Å². The van der Waals surface area contributed by atoms with E-state index in [0.29, 0.717) is 105 Å². The van der Waals surface area contributed by atoms with Crippen molar-refractivity contribution in [3.63, 3.8) is 0 Å². The predicted molar refractivity (Wildman–Crippen MR) is 228 cm³/mol. The van der Waals surface area contributed by atoms with Gasteiger partial charge < -0.3 is 24.6 Å². The highest BCUT2D eigenvalue weighted by atomic mass is 35.5. The van der Waals surface area contributed by atoms with Crippen LogP contribution >= 0.6 is 34.8 Å². The van der Waals surface area contributed by atoms with Gasteiger partial charge in [-0.1, -0.05) is 46.9 Å². The van der Waals surface area contributed by atoms with Crippen LogP contribution in [-0.4, -0.2) is 77.5 Å². The Morgan fingerprint density at radius 3 is 1.74 bits per heavy atom. The van der Waals surface area contributed by atoms with Crippen LogP contribution in [0.2, 0.25) is 15.1 Å². The number of aromatic nitrogens is 5. The molecule has 15 heteroatoms. The molecule has 2 saturated heterocycles. The highest BCUT2D eigenvalue weighted by molar-refractivity contribution is 6.40. The van der Waals surface area contributed by atoms with Gasteiger partial charge in [-0.15, -0.1) is 0 Å². The second-order valence-electron chi connectivity index (χ2n) is 13.7. The zero-order valence-electron chi connectivity index (χ0n) is 31.6. The van der Waals surface area contributed by atoms with Crippen molar-refractivity contribution in [2.24, 2.45) is 0 Å². The van der Waals surface area contributed by atoms with Crippen molar-refractivity contribution in [3.8, 4) is 22.8 Å². The van der Waals surface area contributed by atoms with Crippen LogP contribution in [0.3, 0.4) is 0 Å². The summed E-state index contributed by atoms with van der Waals surface area (Å²) in [7, 11) is 0. The maximum Gasteiger partial charge on any atom is 0.152 e. The van der Waals surface area contributed by atoms with Crippen LogP contribution in [-0.2, 0) is 9.47 Å². The summed E-state index contributed by atoms with van der Waals surface area (Å²) in [5.41, 5.74) is 7.12. The summed E-state index contributed by atoms with van der Waals surface area (Å²) in [6.45, 7) is 9.29. The molecule has 7 aromatic rings. The summed E-state index contributed by atoms with van der Waals surface area (Å²) in [6.07, 6.45) is 5.28. The van der Waals surface area contributed by atoms with Crippen LogP contribution in [0.25, 0.3) is 44.6 Å². The number of nitrogens with one attached hydrogen (secondary N) is 1. The smallest absolute Gasteiger partial charge is 0.152 e. The van der Waals surface area contributed by atoms with Gasteiger partial charge >= 0.3 is 0 Å². The summed E-state index contributed by atoms with van der Waals surface area (Å²) < 4.78 is 40.5. The van der Waals surface area contributed by atoms with Crippen molar-refractivity contribution < 1.29 is 18.3 Å². The number of hydrogen-bond acceptors (Lipinski definition) is 10. The molecule has 10 nitrogen and oxygen atoms in total. The van der Waals surface area contributed by atoms with Crippen molar-refractivity contribution in [1.82, 2.24) is 24.9 Å². The third kappa shape index (κ3) is 7.95. The van der Waals surface area contributed by atoms with Gasteiger partial charge in [0.05, 0.1) is 109 Å². The van der Waals surface area contributed by atoms with E-state index in [2.05, 4.69) is 36.1 Å². The van der Waals surface area contributed by atoms with Crippen LogP contribution in [0.1, 0.15) is 11.1 Å². The van der Waals surface area contributed by atoms with Crippen molar-refractivity contribution in [3.05, 3.63) is 123 Å². The number of anilines is 4. The number of pyridine rings is 5. The number of ether oxygens (including phenoxy) is 2. The lowest BCUT2D eigenvalue weighted by Gasteiger charge is -2.32. The molecule has 0 aliphatic carbocycles. The van der Waals surface area contributed by atoms with Crippen LogP contribution in [0.4, 0.5) is 31.7 Å². The molecule has 1 N–H and O–H groups in total. The number of nitrogens with zero attached hydrogens (tertiary/aromatic N) is 7. The number of morpholine rings is 2. The van der Waals surface area contributed by atoms with Gasteiger partial charge in [0.25, 0.3) is 0 Å². The summed E-state index contributed by atoms with van der Waals surface area (Å²) in [6, 6.07) is 18.9. The number of fused-ring (bicyclic) bond motifs is 2. The largest absolute Gasteiger partial charge is 0.378 e. The Balaban J connectivity index is 0.000000197. The van der Waals surface area contributed by atoms with E-state index in [1.165, 1.54) is 24.3 Å². The van der Waals surface area contributed by atoms with Gasteiger partial charge in [-0.05, 0) is 74.0 Å². The quantitative estimate of drug-likeness (QED) is 0.174. The second kappa shape index (κ2) is 17.3. The molecule has 296 valence electrons. The fraction of sp³-hybridized carbons (Fsp3) is 0.233. The zero-order chi connectivity index (χ0) is 40.3. The SMILES string of the molecule is Cc1c(-c2ccccn2)nc2c(Cl)ccc(F)c2c1Cl.Cc1c(-c2ccccn2)nc2c(Cl)ccc(F)c2c1Nc1cc(N2CCOCC2)cnc1N1CCOCC1. The van der Waals surface area contributed by atoms with Crippen molar-refractivity contribution in [2.45, 2.75) is 13.8 Å². The average molecular weight is 842 g/mol. The lowest BCUT2D eigenvalue weighted by atomic mass is 10.0. The zero-order valence-corrected chi connectivity index (χ0v) is 33.8.